The van der Waals surface area contributed by atoms with Crippen LogP contribution in [0.15, 0.2) is 42.5 Å². The summed E-state index contributed by atoms with van der Waals surface area (Å²) in [6, 6.07) is 14.9. The third kappa shape index (κ3) is 2.53. The number of hydrogen-bond donors (Lipinski definition) is 1. The van der Waals surface area contributed by atoms with Crippen molar-refractivity contribution in [1.29, 1.82) is 0 Å². The number of carbonyl (C=O) groups excluding carboxylic acids is 1. The predicted octanol–water partition coefficient (Wildman–Crippen LogP) is 3.14. The van der Waals surface area contributed by atoms with Crippen molar-refractivity contribution < 1.29 is 4.79 Å². The average Bonchev–Trinajstić information content (AvgIpc) is 3.28. The van der Waals surface area contributed by atoms with Gasteiger partial charge in [0.15, 0.2) is 0 Å². The number of rotatable bonds is 3. The summed E-state index contributed by atoms with van der Waals surface area (Å²) in [5, 5.41) is 2.56. The van der Waals surface area contributed by atoms with E-state index in [0.29, 0.717) is 18.4 Å². The van der Waals surface area contributed by atoms with E-state index in [-0.39, 0.29) is 11.3 Å². The number of nitrogens with zero attached hydrogens (tertiary/aromatic N) is 1. The number of benzene rings is 2. The number of carbonyl (C=O) groups is 1. The number of amides is 1. The molecule has 3 nitrogen and oxygen atoms in total. The SMILES string of the molecule is CC1(CN)CCN(C(=O)C2CC2c2cccc3ccccc23)C1. The zero-order valence-electron chi connectivity index (χ0n) is 13.7. The fourth-order valence-corrected chi connectivity index (χ4v) is 4.00. The fourth-order valence-electron chi connectivity index (χ4n) is 4.00. The van der Waals surface area contributed by atoms with E-state index in [9.17, 15) is 4.79 Å². The van der Waals surface area contributed by atoms with Crippen LogP contribution in [-0.4, -0.2) is 30.4 Å². The van der Waals surface area contributed by atoms with Gasteiger partial charge in [0.2, 0.25) is 5.91 Å². The molecule has 1 saturated heterocycles. The highest BCUT2D eigenvalue weighted by molar-refractivity contribution is 5.89. The second-order valence-electron chi connectivity index (χ2n) is 7.54. The Balaban J connectivity index is 1.53. The lowest BCUT2D eigenvalue weighted by Crippen LogP contribution is -2.35. The first-order valence-electron chi connectivity index (χ1n) is 8.58. The molecule has 120 valence electrons. The molecule has 0 radical (unpaired) electrons. The number of likely N-dealkylation sites (tertiary alicyclic amines) is 1. The third-order valence-corrected chi connectivity index (χ3v) is 5.69. The van der Waals surface area contributed by atoms with Crippen LogP contribution in [0.1, 0.15) is 31.2 Å². The average molecular weight is 308 g/mol. The van der Waals surface area contributed by atoms with Crippen molar-refractivity contribution >= 4 is 16.7 Å². The van der Waals surface area contributed by atoms with Gasteiger partial charge >= 0.3 is 0 Å². The summed E-state index contributed by atoms with van der Waals surface area (Å²) in [5.74, 6) is 0.888. The molecule has 1 aliphatic heterocycles. The predicted molar refractivity (Wildman–Crippen MR) is 93.2 cm³/mol. The van der Waals surface area contributed by atoms with Gasteiger partial charge in [0.25, 0.3) is 0 Å². The molecule has 0 spiro atoms. The van der Waals surface area contributed by atoms with Gasteiger partial charge in [0.1, 0.15) is 0 Å². The van der Waals surface area contributed by atoms with Crippen LogP contribution in [0.25, 0.3) is 10.8 Å². The van der Waals surface area contributed by atoms with Crippen LogP contribution in [-0.2, 0) is 4.79 Å². The highest BCUT2D eigenvalue weighted by atomic mass is 16.2. The van der Waals surface area contributed by atoms with Crippen molar-refractivity contribution in [2.75, 3.05) is 19.6 Å². The van der Waals surface area contributed by atoms with Crippen LogP contribution in [0, 0.1) is 11.3 Å². The van der Waals surface area contributed by atoms with E-state index in [1.807, 2.05) is 4.90 Å². The van der Waals surface area contributed by atoms with E-state index in [4.69, 9.17) is 5.73 Å². The van der Waals surface area contributed by atoms with E-state index in [1.54, 1.807) is 0 Å². The molecule has 2 N–H and O–H groups in total. The molecule has 2 aliphatic rings. The van der Waals surface area contributed by atoms with Gasteiger partial charge in [-0.3, -0.25) is 4.79 Å². The van der Waals surface area contributed by atoms with Crippen LogP contribution in [0.3, 0.4) is 0 Å². The maximum Gasteiger partial charge on any atom is 0.226 e. The van der Waals surface area contributed by atoms with Crippen LogP contribution >= 0.6 is 0 Å². The maximum atomic E-state index is 12.8. The molecule has 3 atom stereocenters. The fraction of sp³-hybridized carbons (Fsp3) is 0.450. The molecule has 1 heterocycles. The lowest BCUT2D eigenvalue weighted by Gasteiger charge is -2.22. The van der Waals surface area contributed by atoms with Gasteiger partial charge in [0, 0.05) is 19.0 Å². The molecule has 0 aromatic heterocycles. The van der Waals surface area contributed by atoms with E-state index < -0.39 is 0 Å². The van der Waals surface area contributed by atoms with Gasteiger partial charge < -0.3 is 10.6 Å². The van der Waals surface area contributed by atoms with Crippen LogP contribution < -0.4 is 5.73 Å². The lowest BCUT2D eigenvalue weighted by molar-refractivity contribution is -0.131. The Kier molecular flexibility index (Phi) is 3.42. The highest BCUT2D eigenvalue weighted by Gasteiger charge is 2.48. The van der Waals surface area contributed by atoms with Gasteiger partial charge in [-0.1, -0.05) is 49.4 Å². The maximum absolute atomic E-state index is 12.8. The molecular weight excluding hydrogens is 284 g/mol. The minimum absolute atomic E-state index is 0.111. The smallest absolute Gasteiger partial charge is 0.226 e. The summed E-state index contributed by atoms with van der Waals surface area (Å²) < 4.78 is 0. The van der Waals surface area contributed by atoms with Crippen molar-refractivity contribution in [3.63, 3.8) is 0 Å². The Morgan fingerprint density at radius 3 is 2.83 bits per heavy atom. The molecule has 2 fully saturated rings. The minimum Gasteiger partial charge on any atom is -0.342 e. The summed E-state index contributed by atoms with van der Waals surface area (Å²) in [4.78, 5) is 14.9. The minimum atomic E-state index is 0.111. The van der Waals surface area contributed by atoms with E-state index >= 15 is 0 Å². The lowest BCUT2D eigenvalue weighted by atomic mass is 9.90. The molecule has 2 aromatic carbocycles. The molecule has 4 rings (SSSR count). The molecule has 0 bridgehead atoms. The van der Waals surface area contributed by atoms with E-state index in [0.717, 1.165) is 25.9 Å². The molecular formula is C20H24N2O. The third-order valence-electron chi connectivity index (χ3n) is 5.69. The van der Waals surface area contributed by atoms with Crippen molar-refractivity contribution in [3.05, 3.63) is 48.0 Å². The molecule has 1 amide bonds. The quantitative estimate of drug-likeness (QED) is 0.947. The Bertz CT molecular complexity index is 751. The Labute approximate surface area is 137 Å². The molecule has 1 aliphatic carbocycles. The first-order valence-corrected chi connectivity index (χ1v) is 8.58. The second kappa shape index (κ2) is 5.34. The van der Waals surface area contributed by atoms with Crippen molar-refractivity contribution in [1.82, 2.24) is 4.90 Å². The molecule has 1 saturated carbocycles. The summed E-state index contributed by atoms with van der Waals surface area (Å²) in [6.07, 6.45) is 2.02. The first-order chi connectivity index (χ1) is 11.1. The van der Waals surface area contributed by atoms with Crippen LogP contribution in [0.5, 0.6) is 0 Å². The summed E-state index contributed by atoms with van der Waals surface area (Å²) in [5.41, 5.74) is 7.31. The van der Waals surface area contributed by atoms with Gasteiger partial charge in [-0.05, 0) is 47.1 Å². The van der Waals surface area contributed by atoms with Gasteiger partial charge in [-0.15, -0.1) is 0 Å². The van der Waals surface area contributed by atoms with E-state index in [1.165, 1.54) is 16.3 Å². The first kappa shape index (κ1) is 14.7. The summed E-state index contributed by atoms with van der Waals surface area (Å²) in [7, 11) is 0. The van der Waals surface area contributed by atoms with Crippen molar-refractivity contribution in [2.24, 2.45) is 17.1 Å². The van der Waals surface area contributed by atoms with Crippen LogP contribution in [0.2, 0.25) is 0 Å². The Morgan fingerprint density at radius 1 is 1.26 bits per heavy atom. The van der Waals surface area contributed by atoms with Gasteiger partial charge in [-0.25, -0.2) is 0 Å². The largest absolute Gasteiger partial charge is 0.342 e. The van der Waals surface area contributed by atoms with Gasteiger partial charge in [0.05, 0.1) is 0 Å². The standard InChI is InChI=1S/C20H24N2O/c1-20(12-21)9-10-22(13-20)19(23)18-11-17(18)16-8-4-6-14-5-2-3-7-15(14)16/h2-8,17-18H,9-13,21H2,1H3. The Hall–Kier alpha value is -1.87. The summed E-state index contributed by atoms with van der Waals surface area (Å²) >= 11 is 0. The topological polar surface area (TPSA) is 46.3 Å². The number of fused-ring (bicyclic) bond motifs is 1. The molecule has 23 heavy (non-hydrogen) atoms. The van der Waals surface area contributed by atoms with Crippen molar-refractivity contribution in [3.8, 4) is 0 Å². The zero-order chi connectivity index (χ0) is 16.0. The molecule has 3 unspecified atom stereocenters. The Morgan fingerprint density at radius 2 is 2.04 bits per heavy atom. The number of hydrogen-bond acceptors (Lipinski definition) is 2. The number of nitrogens with two attached hydrogens (primary N) is 1. The van der Waals surface area contributed by atoms with Gasteiger partial charge in [-0.2, -0.15) is 0 Å². The van der Waals surface area contributed by atoms with Crippen molar-refractivity contribution in [2.45, 2.75) is 25.7 Å². The molecule has 2 aromatic rings. The second-order valence-corrected chi connectivity index (χ2v) is 7.54. The zero-order valence-corrected chi connectivity index (χ0v) is 13.7. The normalized spacial score (nSPS) is 29.9. The molecule has 3 heteroatoms. The monoisotopic (exact) mass is 308 g/mol. The summed E-state index contributed by atoms with van der Waals surface area (Å²) in [6.45, 7) is 4.54. The highest BCUT2D eigenvalue weighted by Crippen LogP contribution is 2.51. The van der Waals surface area contributed by atoms with E-state index in [2.05, 4.69) is 49.4 Å². The van der Waals surface area contributed by atoms with Crippen LogP contribution in [0.4, 0.5) is 0 Å².